The summed E-state index contributed by atoms with van der Waals surface area (Å²) < 4.78 is 27.8. The van der Waals surface area contributed by atoms with Crippen molar-refractivity contribution in [2.75, 3.05) is 55.8 Å². The third-order valence-electron chi connectivity index (χ3n) is 8.13. The van der Waals surface area contributed by atoms with Gasteiger partial charge in [-0.05, 0) is 12.1 Å². The molecule has 0 aliphatic carbocycles. The van der Waals surface area contributed by atoms with E-state index in [9.17, 15) is 4.55 Å². The second-order valence-electron chi connectivity index (χ2n) is 10.6. The molecule has 0 saturated carbocycles. The first kappa shape index (κ1) is 25.1. The lowest BCUT2D eigenvalue weighted by Crippen LogP contribution is -2.59. The molecule has 11 nitrogen and oxygen atoms in total. The van der Waals surface area contributed by atoms with Crippen LogP contribution in [0.1, 0.15) is 25.6 Å². The van der Waals surface area contributed by atoms with Crippen molar-refractivity contribution in [2.24, 2.45) is 7.05 Å². The Balaban J connectivity index is 1.24. The van der Waals surface area contributed by atoms with Crippen molar-refractivity contribution in [1.82, 2.24) is 34.0 Å². The molecule has 0 unspecified atom stereocenters. The standard InChI is InChI=1S/C27H34N8O3S/c1-3-22-28-20-6-4-5-7-21(20)35(22)26-30-24-23(25(31-26)33-10-12-37-13-11-33)29-27(32(24)2)38-19-16-34(17-19)18-8-14-39(36)15-9-18/h4-7,18-19H,3,8-17H2,1-2H3/t18-,39+. The quantitative estimate of drug-likeness (QED) is 0.333. The Kier molecular flexibility index (Phi) is 6.58. The van der Waals surface area contributed by atoms with Crippen LogP contribution in [0.25, 0.3) is 28.1 Å². The van der Waals surface area contributed by atoms with E-state index < -0.39 is 11.2 Å². The molecule has 0 amide bonds. The maximum absolute atomic E-state index is 11.7. The number of hydrogen-bond acceptors (Lipinski definition) is 9. The molecule has 3 aromatic heterocycles. The number of benzene rings is 1. The van der Waals surface area contributed by atoms with E-state index in [1.165, 1.54) is 0 Å². The highest BCUT2D eigenvalue weighted by molar-refractivity contribution is 7.91. The Morgan fingerprint density at radius 3 is 2.59 bits per heavy atom. The van der Waals surface area contributed by atoms with E-state index in [1.807, 2.05) is 29.8 Å². The van der Waals surface area contributed by atoms with Crippen LogP contribution in [0.4, 0.5) is 5.82 Å². The number of likely N-dealkylation sites (tertiary alicyclic amines) is 1. The van der Waals surface area contributed by atoms with Crippen LogP contribution in [0, 0.1) is 0 Å². The number of anilines is 1. The zero-order valence-electron chi connectivity index (χ0n) is 22.5. The van der Waals surface area contributed by atoms with Crippen molar-refractivity contribution in [2.45, 2.75) is 38.3 Å². The van der Waals surface area contributed by atoms with Crippen LogP contribution in [0.15, 0.2) is 24.3 Å². The van der Waals surface area contributed by atoms with Crippen LogP contribution in [-0.2, 0) is 29.4 Å². The van der Waals surface area contributed by atoms with Crippen LogP contribution in [-0.4, -0.2) is 102 Å². The fourth-order valence-corrected chi connectivity index (χ4v) is 7.16. The smallest absolute Gasteiger partial charge is 0.298 e. The minimum absolute atomic E-state index is 0.0801. The Hall–Kier alpha value is -2.93. The Morgan fingerprint density at radius 1 is 1.05 bits per heavy atom. The highest BCUT2D eigenvalue weighted by Gasteiger charge is 2.37. The maximum atomic E-state index is 11.7. The molecular formula is C27H34N8O3S. The average Bonchev–Trinajstić information content (AvgIpc) is 3.48. The molecule has 39 heavy (non-hydrogen) atoms. The third kappa shape index (κ3) is 4.52. The first-order valence-electron chi connectivity index (χ1n) is 13.9. The van der Waals surface area contributed by atoms with Gasteiger partial charge >= 0.3 is 0 Å². The van der Waals surface area contributed by atoms with Crippen molar-refractivity contribution in [1.29, 1.82) is 0 Å². The van der Waals surface area contributed by atoms with Crippen molar-refractivity contribution >= 4 is 39.2 Å². The van der Waals surface area contributed by atoms with Crippen molar-refractivity contribution in [3.05, 3.63) is 30.1 Å². The molecule has 0 N–H and O–H groups in total. The van der Waals surface area contributed by atoms with Gasteiger partial charge in [0.25, 0.3) is 6.01 Å². The molecule has 0 bridgehead atoms. The molecule has 12 heteroatoms. The highest BCUT2D eigenvalue weighted by Crippen LogP contribution is 2.32. The average molecular weight is 551 g/mol. The first-order chi connectivity index (χ1) is 19.1. The predicted molar refractivity (Wildman–Crippen MR) is 150 cm³/mol. The second kappa shape index (κ2) is 10.2. The number of para-hydroxylation sites is 2. The lowest BCUT2D eigenvalue weighted by atomic mass is 10.0. The molecule has 206 valence electrons. The van der Waals surface area contributed by atoms with Crippen LogP contribution in [0.5, 0.6) is 6.01 Å². The van der Waals surface area contributed by atoms with Gasteiger partial charge in [0.1, 0.15) is 23.4 Å². The largest absolute Gasteiger partial charge is 0.616 e. The second-order valence-corrected chi connectivity index (χ2v) is 12.2. The summed E-state index contributed by atoms with van der Waals surface area (Å²) in [6.45, 7) is 6.63. The van der Waals surface area contributed by atoms with E-state index in [0.29, 0.717) is 31.2 Å². The van der Waals surface area contributed by atoms with Gasteiger partial charge in [-0.3, -0.25) is 14.0 Å². The molecule has 7 rings (SSSR count). The summed E-state index contributed by atoms with van der Waals surface area (Å²) in [4.78, 5) is 24.6. The fraction of sp³-hybridized carbons (Fsp3) is 0.556. The van der Waals surface area contributed by atoms with Gasteiger partial charge in [0, 0.05) is 58.5 Å². The molecule has 3 aliphatic heterocycles. The SMILES string of the molecule is CCc1nc2ccccc2n1-c1nc(N2CCOCC2)c2nc(OC3CN([C@H]4CC[S@@+]([O-])CC4)C3)n(C)c2n1. The van der Waals surface area contributed by atoms with E-state index in [4.69, 9.17) is 29.4 Å². The monoisotopic (exact) mass is 550 g/mol. The van der Waals surface area contributed by atoms with E-state index in [1.54, 1.807) is 0 Å². The van der Waals surface area contributed by atoms with Crippen LogP contribution < -0.4 is 9.64 Å². The Labute approximate surface area is 230 Å². The number of rotatable bonds is 6. The third-order valence-corrected chi connectivity index (χ3v) is 9.51. The van der Waals surface area contributed by atoms with Gasteiger partial charge in [-0.1, -0.05) is 30.2 Å². The van der Waals surface area contributed by atoms with Crippen molar-refractivity contribution < 1.29 is 14.0 Å². The minimum Gasteiger partial charge on any atom is -0.616 e. The molecular weight excluding hydrogens is 516 g/mol. The van der Waals surface area contributed by atoms with Gasteiger partial charge in [0.05, 0.1) is 24.2 Å². The number of ether oxygens (including phenoxy) is 2. The van der Waals surface area contributed by atoms with Gasteiger partial charge in [-0.25, -0.2) is 4.98 Å². The zero-order chi connectivity index (χ0) is 26.5. The van der Waals surface area contributed by atoms with Gasteiger partial charge in [-0.2, -0.15) is 15.0 Å². The number of nitrogens with zero attached hydrogens (tertiary/aromatic N) is 8. The maximum Gasteiger partial charge on any atom is 0.298 e. The minimum atomic E-state index is -0.638. The van der Waals surface area contributed by atoms with Gasteiger partial charge in [0.15, 0.2) is 17.0 Å². The lowest BCUT2D eigenvalue weighted by Gasteiger charge is -2.44. The summed E-state index contributed by atoms with van der Waals surface area (Å²) in [5.74, 6) is 3.94. The van der Waals surface area contributed by atoms with Crippen LogP contribution in [0.3, 0.4) is 0 Å². The number of aryl methyl sites for hydroxylation is 2. The summed E-state index contributed by atoms with van der Waals surface area (Å²) >= 11 is -0.638. The molecule has 3 fully saturated rings. The van der Waals surface area contributed by atoms with Crippen LogP contribution in [0.2, 0.25) is 0 Å². The number of morpholine rings is 1. The molecule has 0 spiro atoms. The number of fused-ring (bicyclic) bond motifs is 2. The van der Waals surface area contributed by atoms with Crippen molar-refractivity contribution in [3.8, 4) is 12.0 Å². The van der Waals surface area contributed by atoms with Gasteiger partial charge < -0.3 is 18.9 Å². The highest BCUT2D eigenvalue weighted by atomic mass is 32.2. The molecule has 3 aliphatic rings. The summed E-state index contributed by atoms with van der Waals surface area (Å²) in [5, 5.41) is 0. The van der Waals surface area contributed by atoms with Gasteiger partial charge in [-0.15, -0.1) is 0 Å². The molecule has 4 aromatic rings. The topological polar surface area (TPSA) is 109 Å². The Bertz CT molecular complexity index is 1490. The number of imidazole rings is 2. The number of hydrogen-bond donors (Lipinski definition) is 0. The van der Waals surface area contributed by atoms with E-state index >= 15 is 0 Å². The zero-order valence-corrected chi connectivity index (χ0v) is 23.3. The summed E-state index contributed by atoms with van der Waals surface area (Å²) in [6, 6.07) is 9.19. The van der Waals surface area contributed by atoms with Crippen molar-refractivity contribution in [3.63, 3.8) is 0 Å². The van der Waals surface area contributed by atoms with Crippen LogP contribution >= 0.6 is 0 Å². The molecule has 1 aromatic carbocycles. The Morgan fingerprint density at radius 2 is 1.82 bits per heavy atom. The molecule has 6 heterocycles. The predicted octanol–water partition coefficient (Wildman–Crippen LogP) is 2.08. The first-order valence-corrected chi connectivity index (χ1v) is 15.4. The summed E-state index contributed by atoms with van der Waals surface area (Å²) in [7, 11) is 1.96. The summed E-state index contributed by atoms with van der Waals surface area (Å²) in [6.07, 6.45) is 2.86. The normalized spacial score (nSPS) is 23.0. The molecule has 0 atom stereocenters. The number of aromatic nitrogens is 6. The lowest BCUT2D eigenvalue weighted by molar-refractivity contribution is -0.0173. The van der Waals surface area contributed by atoms with E-state index in [2.05, 4.69) is 27.4 Å². The van der Waals surface area contributed by atoms with E-state index in [-0.39, 0.29) is 6.10 Å². The summed E-state index contributed by atoms with van der Waals surface area (Å²) in [5.41, 5.74) is 3.40. The van der Waals surface area contributed by atoms with E-state index in [0.717, 1.165) is 90.8 Å². The fourth-order valence-electron chi connectivity index (χ4n) is 5.89. The molecule has 0 radical (unpaired) electrons. The molecule has 3 saturated heterocycles. The van der Waals surface area contributed by atoms with Gasteiger partial charge in [0.2, 0.25) is 5.95 Å².